The van der Waals surface area contributed by atoms with Crippen LogP contribution < -0.4 is 0 Å². The van der Waals surface area contributed by atoms with E-state index in [-0.39, 0.29) is 11.8 Å². The van der Waals surface area contributed by atoms with Crippen LogP contribution in [0.5, 0.6) is 0 Å². The van der Waals surface area contributed by atoms with Gasteiger partial charge in [0.2, 0.25) is 0 Å². The number of carbonyl (C=O) groups is 2. The maximum Gasteiger partial charge on any atom is 0.358 e. The lowest BCUT2D eigenvalue weighted by Gasteiger charge is -2.15. The van der Waals surface area contributed by atoms with Gasteiger partial charge in [0.15, 0.2) is 0 Å². The Balaban J connectivity index is 2.07. The smallest absolute Gasteiger partial charge is 0.333 e. The van der Waals surface area contributed by atoms with Crippen molar-refractivity contribution in [2.45, 2.75) is 90.9 Å². The monoisotopic (exact) mass is 363 g/mol. The molecule has 4 nitrogen and oxygen atoms in total. The lowest BCUT2D eigenvalue weighted by Crippen LogP contribution is -2.30. The number of unbranched alkanes of at least 4 members (excludes halogenated alkanes) is 10. The van der Waals surface area contributed by atoms with Crippen molar-refractivity contribution in [2.75, 3.05) is 6.54 Å². The molecule has 1 aliphatic rings. The lowest BCUT2D eigenvalue weighted by atomic mass is 10.1. The minimum atomic E-state index is -0.421. The van der Waals surface area contributed by atoms with E-state index in [0.29, 0.717) is 18.5 Å². The second-order valence-electron chi connectivity index (χ2n) is 7.31. The van der Waals surface area contributed by atoms with Gasteiger partial charge in [-0.25, -0.2) is 4.79 Å². The first kappa shape index (κ1) is 22.5. The van der Waals surface area contributed by atoms with E-state index in [9.17, 15) is 9.59 Å². The molecule has 0 aliphatic carbocycles. The summed E-state index contributed by atoms with van der Waals surface area (Å²) in [5.41, 5.74) is 0.579. The van der Waals surface area contributed by atoms with Crippen LogP contribution in [0.1, 0.15) is 90.9 Å². The van der Waals surface area contributed by atoms with Crippen LogP contribution in [0.25, 0.3) is 0 Å². The number of rotatable bonds is 14. The quantitative estimate of drug-likeness (QED) is 0.225. The van der Waals surface area contributed by atoms with Gasteiger partial charge in [0.1, 0.15) is 0 Å². The molecule has 1 aliphatic heterocycles. The Morgan fingerprint density at radius 1 is 1.12 bits per heavy atom. The molecule has 1 saturated heterocycles. The molecule has 1 heterocycles. The number of nitrogens with zero attached hydrogens (tertiary/aromatic N) is 1. The predicted octanol–water partition coefficient (Wildman–Crippen LogP) is 5.74. The van der Waals surface area contributed by atoms with Gasteiger partial charge >= 0.3 is 5.97 Å². The van der Waals surface area contributed by atoms with Crippen molar-refractivity contribution in [3.05, 3.63) is 24.3 Å². The molecule has 0 bridgehead atoms. The minimum absolute atomic E-state index is 0.171. The second kappa shape index (κ2) is 13.6. The number of hydrogen-bond donors (Lipinski definition) is 0. The average Bonchev–Trinajstić information content (AvgIpc) is 2.99. The average molecular weight is 364 g/mol. The highest BCUT2D eigenvalue weighted by Gasteiger charge is 2.32. The van der Waals surface area contributed by atoms with E-state index in [0.717, 1.165) is 12.8 Å². The molecule has 0 spiro atoms. The molecule has 1 amide bonds. The van der Waals surface area contributed by atoms with Gasteiger partial charge in [-0.15, -0.1) is 6.58 Å². The molecular weight excluding hydrogens is 326 g/mol. The summed E-state index contributed by atoms with van der Waals surface area (Å²) in [4.78, 5) is 29.2. The van der Waals surface area contributed by atoms with Crippen LogP contribution in [-0.4, -0.2) is 23.5 Å². The van der Waals surface area contributed by atoms with Crippen molar-refractivity contribution in [3.8, 4) is 0 Å². The Morgan fingerprint density at radius 3 is 2.23 bits per heavy atom. The standard InChI is InChI=1S/C22H37NO3/c1-4-6-7-8-9-10-11-12-13-14-15-16-19(3)22(25)26-23-18-17-20(5-2)21(23)24/h5,16,20H,2,4,6-15,17-18H2,1,3H3/b19-16+. The molecular formula is C22H37NO3. The summed E-state index contributed by atoms with van der Waals surface area (Å²) in [6.45, 7) is 8.09. The molecule has 1 atom stereocenters. The third-order valence-electron chi connectivity index (χ3n) is 5.01. The van der Waals surface area contributed by atoms with Gasteiger partial charge in [0.05, 0.1) is 12.5 Å². The molecule has 0 radical (unpaired) electrons. The van der Waals surface area contributed by atoms with E-state index in [4.69, 9.17) is 4.84 Å². The number of amides is 1. The summed E-state index contributed by atoms with van der Waals surface area (Å²) < 4.78 is 0. The van der Waals surface area contributed by atoms with Crippen molar-refractivity contribution in [1.82, 2.24) is 5.06 Å². The summed E-state index contributed by atoms with van der Waals surface area (Å²) >= 11 is 0. The number of hydrogen-bond acceptors (Lipinski definition) is 3. The number of carbonyl (C=O) groups excluding carboxylic acids is 2. The SMILES string of the molecule is C=CC1CCN(OC(=O)/C(C)=C/CCCCCCCCCCCC)C1=O. The minimum Gasteiger partial charge on any atom is -0.333 e. The summed E-state index contributed by atoms with van der Waals surface area (Å²) in [7, 11) is 0. The van der Waals surface area contributed by atoms with Gasteiger partial charge in [-0.1, -0.05) is 76.9 Å². The van der Waals surface area contributed by atoms with Crippen LogP contribution in [0.15, 0.2) is 24.3 Å². The van der Waals surface area contributed by atoms with Gasteiger partial charge in [0, 0.05) is 5.57 Å². The van der Waals surface area contributed by atoms with Crippen molar-refractivity contribution in [3.63, 3.8) is 0 Å². The lowest BCUT2D eigenvalue weighted by molar-refractivity contribution is -0.189. The summed E-state index contributed by atoms with van der Waals surface area (Å²) in [6.07, 6.45) is 18.2. The van der Waals surface area contributed by atoms with E-state index in [1.807, 2.05) is 6.08 Å². The molecule has 1 fully saturated rings. The maximum atomic E-state index is 12.0. The van der Waals surface area contributed by atoms with Crippen LogP contribution in [0.4, 0.5) is 0 Å². The fourth-order valence-electron chi connectivity index (χ4n) is 3.19. The third kappa shape index (κ3) is 8.68. The van der Waals surface area contributed by atoms with Crippen molar-refractivity contribution >= 4 is 11.9 Å². The molecule has 0 saturated carbocycles. The fraction of sp³-hybridized carbons (Fsp3) is 0.727. The Hall–Kier alpha value is -1.58. The first-order chi connectivity index (χ1) is 12.6. The highest BCUT2D eigenvalue weighted by atomic mass is 16.7. The van der Waals surface area contributed by atoms with Crippen LogP contribution in [0, 0.1) is 5.92 Å². The van der Waals surface area contributed by atoms with Crippen molar-refractivity contribution in [1.29, 1.82) is 0 Å². The second-order valence-corrected chi connectivity index (χ2v) is 7.31. The summed E-state index contributed by atoms with van der Waals surface area (Å²) in [5.74, 6) is -0.815. The van der Waals surface area contributed by atoms with Gasteiger partial charge in [-0.2, -0.15) is 5.06 Å². The zero-order valence-electron chi connectivity index (χ0n) is 16.8. The van der Waals surface area contributed by atoms with Crippen LogP contribution in [0.3, 0.4) is 0 Å². The molecule has 26 heavy (non-hydrogen) atoms. The molecule has 1 rings (SSSR count). The van der Waals surface area contributed by atoms with E-state index < -0.39 is 5.97 Å². The first-order valence-electron chi connectivity index (χ1n) is 10.4. The third-order valence-corrected chi connectivity index (χ3v) is 5.01. The molecule has 1 unspecified atom stereocenters. The van der Waals surface area contributed by atoms with Gasteiger partial charge in [-0.3, -0.25) is 4.79 Å². The highest BCUT2D eigenvalue weighted by molar-refractivity contribution is 5.90. The largest absolute Gasteiger partial charge is 0.358 e. The molecule has 4 heteroatoms. The fourth-order valence-corrected chi connectivity index (χ4v) is 3.19. The molecule has 148 valence electrons. The van der Waals surface area contributed by atoms with Gasteiger partial charge in [-0.05, 0) is 26.2 Å². The summed E-state index contributed by atoms with van der Waals surface area (Å²) in [5, 5.41) is 1.17. The Morgan fingerprint density at radius 2 is 1.69 bits per heavy atom. The maximum absolute atomic E-state index is 12.0. The zero-order valence-corrected chi connectivity index (χ0v) is 16.8. The van der Waals surface area contributed by atoms with Gasteiger partial charge in [0.25, 0.3) is 5.91 Å². The molecule has 0 aromatic rings. The number of allylic oxidation sites excluding steroid dienone is 1. The Kier molecular flexibility index (Phi) is 11.7. The van der Waals surface area contributed by atoms with Crippen molar-refractivity contribution < 1.29 is 14.4 Å². The van der Waals surface area contributed by atoms with Crippen LogP contribution in [-0.2, 0) is 14.4 Å². The van der Waals surface area contributed by atoms with E-state index in [2.05, 4.69) is 13.5 Å². The van der Waals surface area contributed by atoms with Crippen LogP contribution in [0.2, 0.25) is 0 Å². The Labute approximate surface area is 159 Å². The predicted molar refractivity (Wildman–Crippen MR) is 106 cm³/mol. The highest BCUT2D eigenvalue weighted by Crippen LogP contribution is 2.20. The van der Waals surface area contributed by atoms with E-state index in [1.165, 1.54) is 62.9 Å². The van der Waals surface area contributed by atoms with Crippen molar-refractivity contribution in [2.24, 2.45) is 5.92 Å². The topological polar surface area (TPSA) is 46.6 Å². The molecule has 0 aromatic carbocycles. The number of hydroxylamine groups is 2. The first-order valence-corrected chi connectivity index (χ1v) is 10.4. The molecule has 0 aromatic heterocycles. The van der Waals surface area contributed by atoms with Crippen LogP contribution >= 0.6 is 0 Å². The van der Waals surface area contributed by atoms with Gasteiger partial charge < -0.3 is 4.84 Å². The Bertz CT molecular complexity index is 470. The van der Waals surface area contributed by atoms with E-state index >= 15 is 0 Å². The summed E-state index contributed by atoms with van der Waals surface area (Å²) in [6, 6.07) is 0. The molecule has 0 N–H and O–H groups in total. The normalized spacial score (nSPS) is 17.6. The van der Waals surface area contributed by atoms with E-state index in [1.54, 1.807) is 13.0 Å². The zero-order chi connectivity index (χ0) is 19.2.